The van der Waals surface area contributed by atoms with Crippen LogP contribution in [0.5, 0.6) is 0 Å². The highest BCUT2D eigenvalue weighted by atomic mass is 79.9. The van der Waals surface area contributed by atoms with Crippen molar-refractivity contribution in [2.75, 3.05) is 0 Å². The number of halogens is 1. The zero-order chi connectivity index (χ0) is 18.0. The second-order valence-electron chi connectivity index (χ2n) is 6.66. The molecule has 0 aromatic heterocycles. The molecule has 0 radical (unpaired) electrons. The third-order valence-electron chi connectivity index (χ3n) is 4.40. The maximum atomic E-state index is 12.7. The van der Waals surface area contributed by atoms with Gasteiger partial charge >= 0.3 is 5.97 Å². The molecule has 0 saturated carbocycles. The van der Waals surface area contributed by atoms with Crippen molar-refractivity contribution in [2.45, 2.75) is 38.3 Å². The smallest absolute Gasteiger partial charge is 0.339 e. The molecule has 3 rings (SSSR count). The topological polar surface area (TPSA) is 55.4 Å². The van der Waals surface area contributed by atoms with Crippen LogP contribution in [0.2, 0.25) is 0 Å². The average molecular weight is 402 g/mol. The molecule has 1 aliphatic heterocycles. The van der Waals surface area contributed by atoms with E-state index >= 15 is 0 Å². The number of hydrogen-bond donors (Lipinski definition) is 1. The zero-order valence-corrected chi connectivity index (χ0v) is 15.8. The van der Waals surface area contributed by atoms with Gasteiger partial charge in [0.2, 0.25) is 0 Å². The molecule has 0 fully saturated rings. The van der Waals surface area contributed by atoms with Crippen molar-refractivity contribution in [3.8, 4) is 0 Å². The summed E-state index contributed by atoms with van der Waals surface area (Å²) in [6.45, 7) is 3.62. The molecule has 4 nitrogen and oxygen atoms in total. The number of carbonyl (C=O) groups is 2. The Labute approximate surface area is 155 Å². The predicted molar refractivity (Wildman–Crippen MR) is 99.4 cm³/mol. The molecule has 130 valence electrons. The minimum atomic E-state index is -1.18. The summed E-state index contributed by atoms with van der Waals surface area (Å²) in [7, 11) is 0. The Morgan fingerprint density at radius 3 is 2.64 bits per heavy atom. The van der Waals surface area contributed by atoms with E-state index in [4.69, 9.17) is 4.74 Å². The van der Waals surface area contributed by atoms with Gasteiger partial charge in [-0.05, 0) is 49.6 Å². The van der Waals surface area contributed by atoms with Gasteiger partial charge in [-0.1, -0.05) is 46.3 Å². The second kappa shape index (κ2) is 7.00. The molecule has 1 amide bonds. The summed E-state index contributed by atoms with van der Waals surface area (Å²) < 4.78 is 6.49. The van der Waals surface area contributed by atoms with E-state index in [1.807, 2.05) is 43.3 Å². The maximum Gasteiger partial charge on any atom is 0.339 e. The van der Waals surface area contributed by atoms with E-state index < -0.39 is 11.6 Å². The lowest BCUT2D eigenvalue weighted by atomic mass is 9.89. The van der Waals surface area contributed by atoms with Crippen molar-refractivity contribution in [3.63, 3.8) is 0 Å². The highest BCUT2D eigenvalue weighted by molar-refractivity contribution is 9.10. The van der Waals surface area contributed by atoms with E-state index in [2.05, 4.69) is 21.2 Å². The molecule has 0 spiro atoms. The van der Waals surface area contributed by atoms with Crippen molar-refractivity contribution >= 4 is 27.8 Å². The number of esters is 1. The first kappa shape index (κ1) is 17.7. The van der Waals surface area contributed by atoms with Crippen LogP contribution in [-0.2, 0) is 22.4 Å². The van der Waals surface area contributed by atoms with E-state index in [0.29, 0.717) is 18.4 Å². The van der Waals surface area contributed by atoms with E-state index in [0.717, 1.165) is 15.6 Å². The predicted octanol–water partition coefficient (Wildman–Crippen LogP) is 3.67. The normalized spacial score (nSPS) is 20.4. The van der Waals surface area contributed by atoms with Crippen LogP contribution in [-0.4, -0.2) is 23.5 Å². The zero-order valence-electron chi connectivity index (χ0n) is 14.2. The maximum absolute atomic E-state index is 12.7. The van der Waals surface area contributed by atoms with Gasteiger partial charge in [0, 0.05) is 16.9 Å². The molecule has 1 heterocycles. The number of cyclic esters (lactones) is 1. The lowest BCUT2D eigenvalue weighted by Crippen LogP contribution is -2.53. The number of fused-ring (bicyclic) bond motifs is 1. The standard InChI is InChI=1S/C20H20BrNO3/c1-13(11-14-7-9-16(21)10-8-14)22-19(24)20(2)12-15-5-3-4-6-17(15)18(23)25-20/h3-10,13H,11-12H2,1-2H3,(H,22,24). The number of nitrogens with one attached hydrogen (secondary N) is 1. The molecule has 1 N–H and O–H groups in total. The third kappa shape index (κ3) is 3.93. The van der Waals surface area contributed by atoms with E-state index in [1.54, 1.807) is 19.1 Å². The molecular formula is C20H20BrNO3. The Bertz CT molecular complexity index is 803. The first-order valence-electron chi connectivity index (χ1n) is 8.24. The summed E-state index contributed by atoms with van der Waals surface area (Å²) in [4.78, 5) is 24.9. The first-order valence-corrected chi connectivity index (χ1v) is 9.03. The van der Waals surface area contributed by atoms with Gasteiger partial charge in [0.15, 0.2) is 5.60 Å². The quantitative estimate of drug-likeness (QED) is 0.795. The van der Waals surface area contributed by atoms with Gasteiger partial charge in [-0.25, -0.2) is 4.79 Å². The molecule has 0 aliphatic carbocycles. The Kier molecular flexibility index (Phi) is 4.95. The highest BCUT2D eigenvalue weighted by Gasteiger charge is 2.42. The molecule has 1 aliphatic rings. The van der Waals surface area contributed by atoms with Crippen LogP contribution >= 0.6 is 15.9 Å². The third-order valence-corrected chi connectivity index (χ3v) is 4.92. The van der Waals surface area contributed by atoms with Gasteiger partial charge in [-0.2, -0.15) is 0 Å². The molecule has 5 heteroatoms. The van der Waals surface area contributed by atoms with E-state index in [-0.39, 0.29) is 11.9 Å². The lowest BCUT2D eigenvalue weighted by Gasteiger charge is -2.34. The van der Waals surface area contributed by atoms with Crippen molar-refractivity contribution < 1.29 is 14.3 Å². The summed E-state index contributed by atoms with van der Waals surface area (Å²) in [5, 5.41) is 2.98. The van der Waals surface area contributed by atoms with Crippen molar-refractivity contribution in [1.82, 2.24) is 5.32 Å². The van der Waals surface area contributed by atoms with E-state index in [1.165, 1.54) is 0 Å². The van der Waals surface area contributed by atoms with Crippen LogP contribution in [0.1, 0.15) is 35.3 Å². The molecule has 2 atom stereocenters. The lowest BCUT2D eigenvalue weighted by molar-refractivity contribution is -0.140. The molecular weight excluding hydrogens is 382 g/mol. The van der Waals surface area contributed by atoms with Gasteiger partial charge in [-0.3, -0.25) is 4.79 Å². The fourth-order valence-corrected chi connectivity index (χ4v) is 3.33. The largest absolute Gasteiger partial charge is 0.445 e. The fraction of sp³-hybridized carbons (Fsp3) is 0.300. The number of amides is 1. The van der Waals surface area contributed by atoms with Gasteiger partial charge in [-0.15, -0.1) is 0 Å². The molecule has 2 aromatic rings. The Morgan fingerprint density at radius 2 is 1.92 bits per heavy atom. The number of benzene rings is 2. The Morgan fingerprint density at radius 1 is 1.24 bits per heavy atom. The minimum absolute atomic E-state index is 0.0682. The van der Waals surface area contributed by atoms with Crippen molar-refractivity contribution in [1.29, 1.82) is 0 Å². The molecule has 25 heavy (non-hydrogen) atoms. The summed E-state index contributed by atoms with van der Waals surface area (Å²) in [5.74, 6) is -0.708. The summed E-state index contributed by atoms with van der Waals surface area (Å²) >= 11 is 3.41. The van der Waals surface area contributed by atoms with Crippen LogP contribution in [0, 0.1) is 0 Å². The van der Waals surface area contributed by atoms with Gasteiger partial charge in [0.1, 0.15) is 0 Å². The minimum Gasteiger partial charge on any atom is -0.445 e. The van der Waals surface area contributed by atoms with Gasteiger partial charge < -0.3 is 10.1 Å². The monoisotopic (exact) mass is 401 g/mol. The number of carbonyl (C=O) groups excluding carboxylic acids is 2. The summed E-state index contributed by atoms with van der Waals surface area (Å²) in [6, 6.07) is 15.2. The number of rotatable bonds is 4. The van der Waals surface area contributed by atoms with Crippen molar-refractivity contribution in [3.05, 3.63) is 69.7 Å². The Hall–Kier alpha value is -2.14. The highest BCUT2D eigenvalue weighted by Crippen LogP contribution is 2.28. The second-order valence-corrected chi connectivity index (χ2v) is 7.58. The molecule has 0 saturated heterocycles. The SMILES string of the molecule is CC(Cc1ccc(Br)cc1)NC(=O)C1(C)Cc2ccccc2C(=O)O1. The number of ether oxygens (including phenoxy) is 1. The molecule has 2 unspecified atom stereocenters. The molecule has 2 aromatic carbocycles. The van der Waals surface area contributed by atoms with Gasteiger partial charge in [0.05, 0.1) is 5.56 Å². The van der Waals surface area contributed by atoms with Crippen LogP contribution in [0.3, 0.4) is 0 Å². The first-order chi connectivity index (χ1) is 11.9. The summed E-state index contributed by atoms with van der Waals surface area (Å²) in [5.41, 5.74) is 1.33. The van der Waals surface area contributed by atoms with Gasteiger partial charge in [0.25, 0.3) is 5.91 Å². The van der Waals surface area contributed by atoms with Crippen LogP contribution in [0.4, 0.5) is 0 Å². The molecule has 0 bridgehead atoms. The van der Waals surface area contributed by atoms with E-state index in [9.17, 15) is 9.59 Å². The number of hydrogen-bond acceptors (Lipinski definition) is 3. The van der Waals surface area contributed by atoms with Crippen LogP contribution < -0.4 is 5.32 Å². The Balaban J connectivity index is 1.68. The average Bonchev–Trinajstić information content (AvgIpc) is 2.57. The fourth-order valence-electron chi connectivity index (χ4n) is 3.06. The van der Waals surface area contributed by atoms with Crippen LogP contribution in [0.25, 0.3) is 0 Å². The van der Waals surface area contributed by atoms with Crippen LogP contribution in [0.15, 0.2) is 53.0 Å². The summed E-state index contributed by atoms with van der Waals surface area (Å²) in [6.07, 6.45) is 1.09. The van der Waals surface area contributed by atoms with Crippen molar-refractivity contribution in [2.24, 2.45) is 0 Å².